The summed E-state index contributed by atoms with van der Waals surface area (Å²) in [6.07, 6.45) is 7.89. The lowest BCUT2D eigenvalue weighted by atomic mass is 10.00. The third-order valence-electron chi connectivity index (χ3n) is 11.3. The number of benzene rings is 8. The summed E-state index contributed by atoms with van der Waals surface area (Å²) >= 11 is 1.86. The fraction of sp³-hybridized carbons (Fsp3) is 0.0526. The molecule has 8 aromatic carbocycles. The van der Waals surface area contributed by atoms with E-state index in [1.54, 1.807) is 0 Å². The number of hydrogen-bond donors (Lipinski definition) is 0. The predicted octanol–water partition coefficient (Wildman–Crippen LogP) is 17.1. The normalized spacial score (nSPS) is 11.7. The van der Waals surface area contributed by atoms with Gasteiger partial charge >= 0.3 is 0 Å². The molecule has 3 heteroatoms. The molecule has 60 heavy (non-hydrogen) atoms. The molecular weight excluding hydrogens is 745 g/mol. The highest BCUT2D eigenvalue weighted by molar-refractivity contribution is 7.26. The van der Waals surface area contributed by atoms with Gasteiger partial charge in [0, 0.05) is 43.2 Å². The molecule has 290 valence electrons. The highest BCUT2D eigenvalue weighted by Gasteiger charge is 2.20. The minimum atomic E-state index is 1.11. The van der Waals surface area contributed by atoms with Crippen LogP contribution in [0.2, 0.25) is 0 Å². The van der Waals surface area contributed by atoms with E-state index in [1.165, 1.54) is 86.7 Å². The number of rotatable bonds is 8. The Kier molecular flexibility index (Phi) is 10.8. The lowest BCUT2D eigenvalue weighted by Gasteiger charge is -2.26. The van der Waals surface area contributed by atoms with Gasteiger partial charge in [-0.05, 0) is 103 Å². The van der Waals surface area contributed by atoms with Crippen LogP contribution in [0.3, 0.4) is 0 Å². The first kappa shape index (κ1) is 38.3. The van der Waals surface area contributed by atoms with Crippen LogP contribution in [-0.2, 0) is 0 Å². The van der Waals surface area contributed by atoms with E-state index < -0.39 is 0 Å². The first-order chi connectivity index (χ1) is 29.6. The number of aromatic nitrogens is 1. The van der Waals surface area contributed by atoms with Crippen molar-refractivity contribution in [3.63, 3.8) is 0 Å². The average molecular weight is 791 g/mol. The van der Waals surface area contributed by atoms with Crippen molar-refractivity contribution in [2.45, 2.75) is 20.8 Å². The number of thiophene rings is 1. The first-order valence-corrected chi connectivity index (χ1v) is 21.4. The zero-order valence-electron chi connectivity index (χ0n) is 34.2. The van der Waals surface area contributed by atoms with Gasteiger partial charge in [0.2, 0.25) is 0 Å². The van der Waals surface area contributed by atoms with Gasteiger partial charge in [0.1, 0.15) is 0 Å². The van der Waals surface area contributed by atoms with Gasteiger partial charge in [0.25, 0.3) is 0 Å². The Balaban J connectivity index is 0.00000111. The fourth-order valence-electron chi connectivity index (χ4n) is 8.22. The molecule has 0 unspecified atom stereocenters. The van der Waals surface area contributed by atoms with Crippen LogP contribution in [0.1, 0.15) is 26.3 Å². The van der Waals surface area contributed by atoms with Crippen LogP contribution in [-0.4, -0.2) is 4.57 Å². The topological polar surface area (TPSA) is 8.17 Å². The van der Waals surface area contributed by atoms with Crippen molar-refractivity contribution in [2.75, 3.05) is 4.90 Å². The molecule has 0 saturated heterocycles. The van der Waals surface area contributed by atoms with E-state index in [0.29, 0.717) is 0 Å². The number of nitrogens with zero attached hydrogens (tertiary/aromatic N) is 2. The molecule has 2 nitrogen and oxygen atoms in total. The third-order valence-corrected chi connectivity index (χ3v) is 12.5. The maximum absolute atomic E-state index is 3.85. The zero-order chi connectivity index (χ0) is 41.0. The van der Waals surface area contributed by atoms with Gasteiger partial charge in [-0.15, -0.1) is 11.3 Å². The van der Waals surface area contributed by atoms with Crippen molar-refractivity contribution < 1.29 is 0 Å². The molecule has 0 radical (unpaired) electrons. The minimum Gasteiger partial charge on any atom is -0.309 e. The Morgan fingerprint density at radius 1 is 0.517 bits per heavy atom. The van der Waals surface area contributed by atoms with Gasteiger partial charge in [0.05, 0.1) is 27.1 Å². The van der Waals surface area contributed by atoms with Crippen LogP contribution in [0.15, 0.2) is 219 Å². The summed E-state index contributed by atoms with van der Waals surface area (Å²) in [5.74, 6) is 0. The van der Waals surface area contributed by atoms with Crippen molar-refractivity contribution >= 4 is 76.0 Å². The van der Waals surface area contributed by atoms with E-state index >= 15 is 0 Å². The van der Waals surface area contributed by atoms with E-state index in [2.05, 4.69) is 211 Å². The third kappa shape index (κ3) is 7.14. The lowest BCUT2D eigenvalue weighted by Crippen LogP contribution is -2.10. The van der Waals surface area contributed by atoms with Crippen molar-refractivity contribution in [1.82, 2.24) is 4.57 Å². The molecule has 0 amide bonds. The summed E-state index contributed by atoms with van der Waals surface area (Å²) in [7, 11) is 0. The number of para-hydroxylation sites is 3. The Hall–Kier alpha value is -7.20. The molecule has 2 aromatic heterocycles. The van der Waals surface area contributed by atoms with Gasteiger partial charge in [-0.2, -0.15) is 0 Å². The number of allylic oxidation sites excluding steroid dienone is 5. The van der Waals surface area contributed by atoms with E-state index in [-0.39, 0.29) is 0 Å². The van der Waals surface area contributed by atoms with Crippen LogP contribution in [0.25, 0.3) is 75.5 Å². The largest absolute Gasteiger partial charge is 0.309 e. The molecule has 10 aromatic rings. The summed E-state index contributed by atoms with van der Waals surface area (Å²) in [4.78, 5) is 2.41. The second kappa shape index (κ2) is 17.0. The van der Waals surface area contributed by atoms with Crippen molar-refractivity contribution in [2.24, 2.45) is 0 Å². The van der Waals surface area contributed by atoms with E-state index in [1.807, 2.05) is 49.5 Å². The smallest absolute Gasteiger partial charge is 0.0640 e. The monoisotopic (exact) mass is 790 g/mol. The molecule has 0 saturated carbocycles. The molecule has 2 heterocycles. The molecule has 0 aliphatic rings. The van der Waals surface area contributed by atoms with E-state index in [4.69, 9.17) is 0 Å². The van der Waals surface area contributed by atoms with Crippen molar-refractivity contribution in [3.05, 3.63) is 225 Å². The predicted molar refractivity (Wildman–Crippen MR) is 264 cm³/mol. The standard InChI is InChI=1S/C53H38N2S.C4H8/c1-3-13-36(2)37-24-26-38(27-25-37)39-28-32-41(33-29-39)54(51-22-12-18-47-46-17-7-11-23-52(46)56-53(47)51)42-34-30-40(31-35-42)43-14-4-8-19-48(43)55-49-20-9-5-15-44(49)45-16-6-10-21-50(45)55;1-3-4-2/h3-35H,1H2,2H3;3-4H,1-2H3/b36-13+;4-3-. The highest BCUT2D eigenvalue weighted by Crippen LogP contribution is 2.45. The van der Waals surface area contributed by atoms with E-state index in [9.17, 15) is 0 Å². The molecule has 0 spiro atoms. The first-order valence-electron chi connectivity index (χ1n) is 20.5. The molecule has 10 rings (SSSR count). The maximum atomic E-state index is 3.85. The molecule has 0 aliphatic heterocycles. The summed E-state index contributed by atoms with van der Waals surface area (Å²) in [6, 6.07) is 68.5. The Bertz CT molecular complexity index is 3120. The Labute approximate surface area is 356 Å². The van der Waals surface area contributed by atoms with Crippen LogP contribution in [0, 0.1) is 0 Å². The second-order valence-electron chi connectivity index (χ2n) is 14.9. The minimum absolute atomic E-state index is 1.11. The maximum Gasteiger partial charge on any atom is 0.0640 e. The quantitative estimate of drug-likeness (QED) is 0.110. The molecule has 0 aliphatic carbocycles. The number of anilines is 3. The molecule has 0 fully saturated rings. The van der Waals surface area contributed by atoms with Crippen molar-refractivity contribution in [3.8, 4) is 27.9 Å². The van der Waals surface area contributed by atoms with Gasteiger partial charge in [-0.3, -0.25) is 0 Å². The fourth-order valence-corrected chi connectivity index (χ4v) is 9.43. The molecule has 0 atom stereocenters. The van der Waals surface area contributed by atoms with Crippen LogP contribution < -0.4 is 4.90 Å². The van der Waals surface area contributed by atoms with Crippen LogP contribution in [0.5, 0.6) is 0 Å². The summed E-state index contributed by atoms with van der Waals surface area (Å²) < 4.78 is 4.98. The SMILES string of the molecule is C/C=C\C.C=C/C=C(\C)c1ccc(-c2ccc(N(c3ccc(-c4ccccc4-n4c5ccccc5c5ccccc54)cc3)c3cccc4c3sc3ccccc34)cc2)cc1. The summed E-state index contributed by atoms with van der Waals surface area (Å²) in [5.41, 5.74) is 14.1. The number of hydrogen-bond acceptors (Lipinski definition) is 2. The second-order valence-corrected chi connectivity index (χ2v) is 15.9. The van der Waals surface area contributed by atoms with Gasteiger partial charge in [-0.25, -0.2) is 0 Å². The van der Waals surface area contributed by atoms with E-state index in [0.717, 1.165) is 11.4 Å². The average Bonchev–Trinajstić information content (AvgIpc) is 3.86. The molecule has 0 bridgehead atoms. The summed E-state index contributed by atoms with van der Waals surface area (Å²) in [6.45, 7) is 9.97. The summed E-state index contributed by atoms with van der Waals surface area (Å²) in [5, 5.41) is 5.10. The molecular formula is C57H46N2S. The zero-order valence-corrected chi connectivity index (χ0v) is 35.0. The van der Waals surface area contributed by atoms with Gasteiger partial charge < -0.3 is 9.47 Å². The lowest BCUT2D eigenvalue weighted by molar-refractivity contribution is 1.18. The highest BCUT2D eigenvalue weighted by atomic mass is 32.1. The Morgan fingerprint density at radius 3 is 1.65 bits per heavy atom. The van der Waals surface area contributed by atoms with Gasteiger partial charge in [0.15, 0.2) is 0 Å². The van der Waals surface area contributed by atoms with Crippen LogP contribution >= 0.6 is 11.3 Å². The van der Waals surface area contributed by atoms with Crippen molar-refractivity contribution in [1.29, 1.82) is 0 Å². The van der Waals surface area contributed by atoms with Crippen LogP contribution in [0.4, 0.5) is 17.1 Å². The van der Waals surface area contributed by atoms with Gasteiger partial charge in [-0.1, -0.05) is 164 Å². The number of fused-ring (bicyclic) bond motifs is 6. The molecule has 0 N–H and O–H groups in total. The Morgan fingerprint density at radius 2 is 1.03 bits per heavy atom.